The minimum atomic E-state index is 0.0615. The molecule has 1 unspecified atom stereocenters. The second-order valence-corrected chi connectivity index (χ2v) is 8.81. The first kappa shape index (κ1) is 22.7. The smallest absolute Gasteiger partial charge is 0.324 e. The zero-order chi connectivity index (χ0) is 20.7. The first-order valence-electron chi connectivity index (χ1n) is 10.3. The number of piperidine rings is 1. The number of thioether (sulfide) groups is 1. The Balaban J connectivity index is 1.91. The van der Waals surface area contributed by atoms with Gasteiger partial charge in [-0.15, -0.1) is 0 Å². The fraction of sp³-hybridized carbons (Fsp3) is 0.800. The quantitative estimate of drug-likeness (QED) is 0.483. The van der Waals surface area contributed by atoms with Crippen LogP contribution in [0.1, 0.15) is 72.5 Å². The van der Waals surface area contributed by atoms with Crippen molar-refractivity contribution in [2.24, 2.45) is 16.8 Å². The third-order valence-corrected chi connectivity index (χ3v) is 6.17. The molecule has 7 nitrogen and oxygen atoms in total. The topological polar surface area (TPSA) is 87.6 Å². The van der Waals surface area contributed by atoms with Gasteiger partial charge in [-0.25, -0.2) is 4.99 Å². The molecule has 1 saturated heterocycles. The minimum absolute atomic E-state index is 0.0615. The Bertz CT molecular complexity index is 640. The number of rotatable bonds is 8. The Hall–Kier alpha value is -1.57. The van der Waals surface area contributed by atoms with Crippen LogP contribution >= 0.6 is 11.8 Å². The van der Waals surface area contributed by atoms with Gasteiger partial charge in [-0.05, 0) is 50.3 Å². The molecule has 0 spiro atoms. The summed E-state index contributed by atoms with van der Waals surface area (Å²) in [5.74, 6) is 1.96. The summed E-state index contributed by atoms with van der Waals surface area (Å²) in [4.78, 5) is 11.4. The van der Waals surface area contributed by atoms with Crippen LogP contribution in [0.2, 0.25) is 0 Å². The number of ether oxygens (including phenoxy) is 1. The molecule has 3 atom stereocenters. The number of hydrogen-bond donors (Lipinski definition) is 1. The van der Waals surface area contributed by atoms with E-state index in [1.807, 2.05) is 0 Å². The lowest BCUT2D eigenvalue weighted by molar-refractivity contribution is 0.124. The van der Waals surface area contributed by atoms with Gasteiger partial charge in [0.1, 0.15) is 6.10 Å². The van der Waals surface area contributed by atoms with Gasteiger partial charge < -0.3 is 19.6 Å². The highest BCUT2D eigenvalue weighted by Crippen LogP contribution is 2.27. The molecule has 1 fully saturated rings. The van der Waals surface area contributed by atoms with Crippen molar-refractivity contribution in [3.05, 3.63) is 5.82 Å². The van der Waals surface area contributed by atoms with Crippen LogP contribution in [0.3, 0.4) is 0 Å². The largest absolute Gasteiger partial charge is 0.469 e. The van der Waals surface area contributed by atoms with Crippen LogP contribution in [-0.2, 0) is 4.74 Å². The fourth-order valence-electron chi connectivity index (χ4n) is 3.18. The second-order valence-electron chi connectivity index (χ2n) is 7.99. The molecule has 1 aromatic heterocycles. The number of aliphatic imine (C=N–C) groups is 1. The standard InChI is InChI=1S/C20H35N5O2S/c1-7-14(4)15(5)22-20(28-12-21)26-16(6)17-8-10-25(11-9-17)19-23-18(13(2)3)24-27-19/h12-17,21H,7-11H2,1-6H3/b21-12?,22-20-/t14?,15-,16-/m0/s1. The van der Waals surface area contributed by atoms with Crippen molar-refractivity contribution in [1.82, 2.24) is 10.1 Å². The Morgan fingerprint density at radius 2 is 2.00 bits per heavy atom. The lowest BCUT2D eigenvalue weighted by Gasteiger charge is -2.33. The fourth-order valence-corrected chi connectivity index (χ4v) is 3.71. The average molecular weight is 410 g/mol. The van der Waals surface area contributed by atoms with E-state index in [1.54, 1.807) is 0 Å². The van der Waals surface area contributed by atoms with Crippen LogP contribution in [0.4, 0.5) is 6.01 Å². The van der Waals surface area contributed by atoms with Gasteiger partial charge in [0.2, 0.25) is 0 Å². The molecule has 0 radical (unpaired) electrons. The summed E-state index contributed by atoms with van der Waals surface area (Å²) in [5, 5.41) is 12.1. The van der Waals surface area contributed by atoms with Crippen LogP contribution in [0.25, 0.3) is 0 Å². The molecule has 28 heavy (non-hydrogen) atoms. The molecule has 8 heteroatoms. The molecule has 1 N–H and O–H groups in total. The number of nitrogens with one attached hydrogen (secondary N) is 1. The van der Waals surface area contributed by atoms with Gasteiger partial charge in [-0.3, -0.25) is 0 Å². The summed E-state index contributed by atoms with van der Waals surface area (Å²) in [6.45, 7) is 14.5. The molecular formula is C20H35N5O2S. The normalized spacial score (nSPS) is 19.5. The third kappa shape index (κ3) is 6.22. The van der Waals surface area contributed by atoms with Crippen LogP contribution in [0, 0.1) is 17.2 Å². The van der Waals surface area contributed by atoms with E-state index in [9.17, 15) is 0 Å². The van der Waals surface area contributed by atoms with Gasteiger partial charge in [0.05, 0.1) is 11.6 Å². The van der Waals surface area contributed by atoms with Gasteiger partial charge in [0.25, 0.3) is 5.23 Å². The molecule has 2 rings (SSSR count). The highest BCUT2D eigenvalue weighted by atomic mass is 32.2. The molecule has 0 amide bonds. The average Bonchev–Trinajstić information content (AvgIpc) is 3.18. The minimum Gasteiger partial charge on any atom is -0.469 e. The van der Waals surface area contributed by atoms with Crippen molar-refractivity contribution < 1.29 is 9.26 Å². The summed E-state index contributed by atoms with van der Waals surface area (Å²) in [5.41, 5.74) is 1.29. The van der Waals surface area contributed by atoms with Crippen molar-refractivity contribution in [1.29, 1.82) is 5.41 Å². The van der Waals surface area contributed by atoms with E-state index < -0.39 is 0 Å². The van der Waals surface area contributed by atoms with Crippen LogP contribution < -0.4 is 4.90 Å². The summed E-state index contributed by atoms with van der Waals surface area (Å²) < 4.78 is 11.6. The highest BCUT2D eigenvalue weighted by molar-refractivity contribution is 8.24. The molecular weight excluding hydrogens is 374 g/mol. The zero-order valence-corrected chi connectivity index (χ0v) is 18.8. The summed E-state index contributed by atoms with van der Waals surface area (Å²) >= 11 is 1.25. The van der Waals surface area contributed by atoms with Gasteiger partial charge >= 0.3 is 6.01 Å². The molecule has 0 saturated carbocycles. The molecule has 1 aromatic rings. The van der Waals surface area contributed by atoms with Crippen molar-refractivity contribution >= 4 is 28.6 Å². The number of nitrogens with zero attached hydrogens (tertiary/aromatic N) is 4. The number of aromatic nitrogens is 2. The third-order valence-electron chi connectivity index (χ3n) is 5.64. The van der Waals surface area contributed by atoms with Gasteiger partial charge in [-0.1, -0.05) is 39.3 Å². The van der Waals surface area contributed by atoms with E-state index in [0.29, 0.717) is 23.1 Å². The van der Waals surface area contributed by atoms with Crippen molar-refractivity contribution in [3.63, 3.8) is 0 Å². The molecule has 0 bridgehead atoms. The molecule has 0 aliphatic carbocycles. The lowest BCUT2D eigenvalue weighted by atomic mass is 9.92. The Morgan fingerprint density at radius 1 is 1.32 bits per heavy atom. The summed E-state index contributed by atoms with van der Waals surface area (Å²) in [6, 6.07) is 0.814. The maximum absolute atomic E-state index is 7.42. The van der Waals surface area contributed by atoms with E-state index >= 15 is 0 Å². The Kier molecular flexibility index (Phi) is 8.79. The predicted octanol–water partition coefficient (Wildman–Crippen LogP) is 4.95. The maximum atomic E-state index is 7.42. The first-order valence-corrected chi connectivity index (χ1v) is 11.2. The highest BCUT2D eigenvalue weighted by Gasteiger charge is 2.28. The lowest BCUT2D eigenvalue weighted by Crippen LogP contribution is -2.38. The van der Waals surface area contributed by atoms with Crippen molar-refractivity contribution in [2.75, 3.05) is 18.0 Å². The molecule has 0 aromatic carbocycles. The number of anilines is 1. The molecule has 158 valence electrons. The second kappa shape index (κ2) is 10.8. The summed E-state index contributed by atoms with van der Waals surface area (Å²) in [7, 11) is 0. The van der Waals surface area contributed by atoms with E-state index in [2.05, 4.69) is 56.6 Å². The molecule has 2 heterocycles. The SMILES string of the molecule is CCC(C)[C@H](C)/N=C(/O[C@@H](C)C1CCN(c2nc(C(C)C)no2)CC1)SC=N. The van der Waals surface area contributed by atoms with E-state index in [0.717, 1.165) is 38.2 Å². The van der Waals surface area contributed by atoms with Crippen LogP contribution in [0.5, 0.6) is 0 Å². The van der Waals surface area contributed by atoms with Gasteiger partial charge in [0.15, 0.2) is 5.82 Å². The van der Waals surface area contributed by atoms with Crippen molar-refractivity contribution in [2.45, 2.75) is 78.9 Å². The monoisotopic (exact) mass is 409 g/mol. The Morgan fingerprint density at radius 3 is 2.54 bits per heavy atom. The first-order chi connectivity index (χ1) is 13.3. The van der Waals surface area contributed by atoms with Crippen LogP contribution in [0.15, 0.2) is 9.52 Å². The van der Waals surface area contributed by atoms with E-state index in [1.165, 1.54) is 17.3 Å². The van der Waals surface area contributed by atoms with Crippen LogP contribution in [-0.4, -0.2) is 46.2 Å². The summed E-state index contributed by atoms with van der Waals surface area (Å²) in [6.07, 6.45) is 3.15. The number of hydrogen-bond acceptors (Lipinski definition) is 8. The van der Waals surface area contributed by atoms with Gasteiger partial charge in [-0.2, -0.15) is 4.98 Å². The van der Waals surface area contributed by atoms with E-state index in [-0.39, 0.29) is 18.1 Å². The van der Waals surface area contributed by atoms with Gasteiger partial charge in [0, 0.05) is 19.0 Å². The molecule has 1 aliphatic heterocycles. The van der Waals surface area contributed by atoms with Crippen molar-refractivity contribution in [3.8, 4) is 0 Å². The predicted molar refractivity (Wildman–Crippen MR) is 117 cm³/mol. The Labute approximate surface area is 173 Å². The van der Waals surface area contributed by atoms with E-state index in [4.69, 9.17) is 19.7 Å². The zero-order valence-electron chi connectivity index (χ0n) is 18.0. The molecule has 1 aliphatic rings. The maximum Gasteiger partial charge on any atom is 0.324 e.